The van der Waals surface area contributed by atoms with Crippen LogP contribution in [0.2, 0.25) is 0 Å². The van der Waals surface area contributed by atoms with Crippen molar-refractivity contribution < 1.29 is 107 Å². The Hall–Kier alpha value is -0.713. The number of anilines is 2. The van der Waals surface area contributed by atoms with E-state index >= 15 is 0 Å². The molecule has 0 atom stereocenters. The maximum atomic E-state index is 12.7. The molecule has 5 N–H and O–H groups in total. The summed E-state index contributed by atoms with van der Waals surface area (Å²) in [5, 5.41) is 12.3. The predicted molar refractivity (Wildman–Crippen MR) is 140 cm³/mol. The molecule has 0 saturated heterocycles. The van der Waals surface area contributed by atoms with Crippen molar-refractivity contribution in [1.29, 1.82) is 0 Å². The van der Waals surface area contributed by atoms with E-state index in [0.717, 1.165) is 10.5 Å². The molecule has 1 aromatic heterocycles. The number of carbonyl (C=O) groups excluding carboxylic acids is 2. The van der Waals surface area contributed by atoms with Gasteiger partial charge in [-0.15, -0.1) is 18.3 Å². The third-order valence-corrected chi connectivity index (χ3v) is 6.23. The van der Waals surface area contributed by atoms with E-state index in [9.17, 15) is 14.7 Å². The number of aliphatic hydroxyl groups excluding tert-OH is 1. The van der Waals surface area contributed by atoms with Gasteiger partial charge in [0.05, 0.1) is 12.3 Å². The van der Waals surface area contributed by atoms with Crippen LogP contribution in [0, 0.1) is 82.6 Å². The molecule has 2 amide bonds. The van der Waals surface area contributed by atoms with Crippen LogP contribution in [-0.2, 0) is 28.9 Å². The molecule has 0 aliphatic carbocycles. The number of carbonyl (C=O) groups is 2. The van der Waals surface area contributed by atoms with Crippen molar-refractivity contribution in [2.24, 2.45) is 7.05 Å². The van der Waals surface area contributed by atoms with Crippen molar-refractivity contribution in [2.45, 2.75) is 23.7 Å². The third-order valence-electron chi connectivity index (χ3n) is 5.10. The zero-order valence-electron chi connectivity index (χ0n) is 21.3. The normalized spacial score (nSPS) is 10.1. The number of aryl methyl sites for hydroxylation is 1. The van der Waals surface area contributed by atoms with Gasteiger partial charge in [0.15, 0.2) is 12.4 Å². The summed E-state index contributed by atoms with van der Waals surface area (Å²) in [6.45, 7) is 0.316. The van der Waals surface area contributed by atoms with Crippen LogP contribution in [0.25, 0.3) is 5.73 Å². The second kappa shape index (κ2) is 19.4. The molecule has 3 aromatic rings. The number of hydrazine groups is 1. The van der Waals surface area contributed by atoms with E-state index in [1.807, 2.05) is 42.2 Å². The molecule has 0 spiro atoms. The first-order chi connectivity index (χ1) is 17.5. The van der Waals surface area contributed by atoms with Gasteiger partial charge in [0, 0.05) is 123 Å². The topological polar surface area (TPSA) is 127 Å². The summed E-state index contributed by atoms with van der Waals surface area (Å²) in [4.78, 5) is 25.8. The van der Waals surface area contributed by atoms with E-state index in [-0.39, 0.29) is 114 Å². The summed E-state index contributed by atoms with van der Waals surface area (Å²) >= 11 is 1.56. The average Bonchev–Trinajstić information content (AvgIpc) is 2.89. The van der Waals surface area contributed by atoms with Gasteiger partial charge in [-0.05, 0) is 42.3 Å². The number of aliphatic hydroxyl groups is 1. The van der Waals surface area contributed by atoms with Crippen molar-refractivity contribution >= 4 is 35.0 Å². The first-order valence-electron chi connectivity index (χ1n) is 11.5. The van der Waals surface area contributed by atoms with Gasteiger partial charge < -0.3 is 20.9 Å². The SMILES string of the molecule is C[n+]1cccc(CSc2cc(NC(=O)COCCC[NH-])ccc2NNC(=O)c2ccccc2CO)c1.[Pr].[Pr]. The zero-order valence-corrected chi connectivity index (χ0v) is 29.5. The molecule has 12 heteroatoms. The van der Waals surface area contributed by atoms with Gasteiger partial charge in [-0.3, -0.25) is 20.4 Å². The van der Waals surface area contributed by atoms with E-state index in [1.54, 1.807) is 48.2 Å². The monoisotopic (exact) mass is 791 g/mol. The Morgan fingerprint density at radius 3 is 2.63 bits per heavy atom. The van der Waals surface area contributed by atoms with Gasteiger partial charge in [-0.25, -0.2) is 4.57 Å². The van der Waals surface area contributed by atoms with E-state index < -0.39 is 0 Å². The number of amides is 2. The molecule has 3 rings (SSSR count). The van der Waals surface area contributed by atoms with Gasteiger partial charge in [0.1, 0.15) is 13.7 Å². The maximum Gasteiger partial charge on any atom is 0.269 e. The van der Waals surface area contributed by atoms with Gasteiger partial charge in [0.2, 0.25) is 5.91 Å². The van der Waals surface area contributed by atoms with E-state index in [4.69, 9.17) is 10.5 Å². The summed E-state index contributed by atoms with van der Waals surface area (Å²) in [5.41, 5.74) is 16.1. The second-order valence-electron chi connectivity index (χ2n) is 7.98. The number of nitrogens with one attached hydrogen (secondary N) is 4. The Kier molecular flexibility index (Phi) is 18.0. The number of aromatic nitrogens is 1. The largest absolute Gasteiger partial charge is 0.677 e. The van der Waals surface area contributed by atoms with Crippen molar-refractivity contribution in [3.63, 3.8) is 0 Å². The first kappa shape index (κ1) is 35.3. The van der Waals surface area contributed by atoms with Crippen molar-refractivity contribution in [2.75, 3.05) is 30.5 Å². The number of thioether (sulfide) groups is 1. The Balaban J connectivity index is 0.00000361. The van der Waals surface area contributed by atoms with Crippen molar-refractivity contribution in [3.8, 4) is 0 Å². The number of benzene rings is 2. The smallest absolute Gasteiger partial charge is 0.269 e. The molecule has 0 unspecified atom stereocenters. The minimum Gasteiger partial charge on any atom is -0.677 e. The molecule has 0 saturated carbocycles. The van der Waals surface area contributed by atoms with Gasteiger partial charge >= 0.3 is 0 Å². The van der Waals surface area contributed by atoms with Crippen LogP contribution in [0.3, 0.4) is 0 Å². The molecular weight excluding hydrogens is 760 g/mol. The van der Waals surface area contributed by atoms with Gasteiger partial charge in [-0.1, -0.05) is 18.2 Å². The fourth-order valence-corrected chi connectivity index (χ4v) is 4.30. The predicted octanol–water partition coefficient (Wildman–Crippen LogP) is 3.45. The van der Waals surface area contributed by atoms with Crippen LogP contribution in [0.5, 0.6) is 0 Å². The molecule has 0 aliphatic rings. The van der Waals surface area contributed by atoms with E-state index in [2.05, 4.69) is 16.2 Å². The number of hydrogen-bond acceptors (Lipinski definition) is 6. The maximum absolute atomic E-state index is 12.7. The summed E-state index contributed by atoms with van der Waals surface area (Å²) in [6.07, 6.45) is 4.58. The number of rotatable bonds is 13. The Morgan fingerprint density at radius 2 is 1.89 bits per heavy atom. The molecule has 0 fully saturated rings. The number of ether oxygens (including phenoxy) is 1. The van der Waals surface area contributed by atoms with Crippen LogP contribution in [0.15, 0.2) is 71.9 Å². The average molecular weight is 791 g/mol. The standard InChI is InChI=1S/C26H31N5O4S.2Pr/c1-31-12-4-6-19(15-31)18-36-24-14-21(28-25(33)17-35-13-5-11-27)9-10-23(24)29-30-26(34)22-8-3-2-7-20(22)16-32;;/h2-4,6-10,12,14-15,27,29,32H,5,11,13,16-18H2,1H3,(H,28,33)(H,30,34);;. The summed E-state index contributed by atoms with van der Waals surface area (Å²) in [5.74, 6) is 0.0340. The molecule has 0 bridgehead atoms. The first-order valence-corrected chi connectivity index (χ1v) is 12.5. The molecular formula is C26H31N5O4Pr2S. The Morgan fingerprint density at radius 1 is 1.11 bits per heavy atom. The molecule has 196 valence electrons. The second-order valence-corrected chi connectivity index (χ2v) is 8.99. The molecule has 38 heavy (non-hydrogen) atoms. The number of pyridine rings is 1. The van der Waals surface area contributed by atoms with Crippen LogP contribution >= 0.6 is 11.8 Å². The van der Waals surface area contributed by atoms with Gasteiger partial charge in [-0.2, -0.15) is 0 Å². The quantitative estimate of drug-likeness (QED) is 0.0911. The molecule has 0 aliphatic heterocycles. The van der Waals surface area contributed by atoms with Crippen LogP contribution in [0.4, 0.5) is 11.4 Å². The fourth-order valence-electron chi connectivity index (χ4n) is 3.33. The minimum atomic E-state index is -0.368. The Labute approximate surface area is 293 Å². The minimum absolute atomic E-state index is 0. The number of nitrogens with zero attached hydrogens (tertiary/aromatic N) is 1. The molecule has 2 aromatic carbocycles. The summed E-state index contributed by atoms with van der Waals surface area (Å²) < 4.78 is 7.26. The Bertz CT molecular complexity index is 1190. The summed E-state index contributed by atoms with van der Waals surface area (Å²) in [6, 6.07) is 16.2. The third kappa shape index (κ3) is 11.8. The van der Waals surface area contributed by atoms with Crippen molar-refractivity contribution in [1.82, 2.24) is 5.43 Å². The molecule has 9 nitrogen and oxygen atoms in total. The van der Waals surface area contributed by atoms with Crippen molar-refractivity contribution in [3.05, 3.63) is 89.4 Å². The van der Waals surface area contributed by atoms with Crippen LogP contribution < -0.4 is 20.7 Å². The van der Waals surface area contributed by atoms with E-state index in [0.29, 0.717) is 41.3 Å². The molecule has 2 radical (unpaired) electrons. The fraction of sp³-hybridized carbons (Fsp3) is 0.269. The van der Waals surface area contributed by atoms with Crippen LogP contribution in [-0.4, -0.2) is 36.7 Å². The zero-order chi connectivity index (χ0) is 25.8. The van der Waals surface area contributed by atoms with Gasteiger partial charge in [0.25, 0.3) is 5.91 Å². The van der Waals surface area contributed by atoms with Crippen LogP contribution in [0.1, 0.15) is 27.9 Å². The molecule has 1 heterocycles. The summed E-state index contributed by atoms with van der Waals surface area (Å²) in [7, 11) is 1.96. The number of hydrogen-bond donors (Lipinski definition) is 4. The van der Waals surface area contributed by atoms with E-state index in [1.165, 1.54) is 0 Å².